The Kier molecular flexibility index (Phi) is 2.57. The number of hydrogen-bond donors (Lipinski definition) is 0. The van der Waals surface area contributed by atoms with Crippen LogP contribution in [0.25, 0.3) is 0 Å². The Morgan fingerprint density at radius 1 is 1.00 bits per heavy atom. The van der Waals surface area contributed by atoms with Crippen LogP contribution in [0.3, 0.4) is 0 Å². The van der Waals surface area contributed by atoms with Gasteiger partial charge in [0.1, 0.15) is 0 Å². The number of carbonyl (C=O) groups excluding carboxylic acids is 2. The molecule has 2 nitrogen and oxygen atoms in total. The van der Waals surface area contributed by atoms with E-state index in [0.29, 0.717) is 0 Å². The maximum Gasteiger partial charge on any atom is 0.202 e. The second-order valence-corrected chi connectivity index (χ2v) is 1.36. The summed E-state index contributed by atoms with van der Waals surface area (Å²) in [4.78, 5) is 20.0. The minimum atomic E-state index is -0.278. The van der Waals surface area contributed by atoms with E-state index in [1.54, 1.807) is 0 Å². The third-order valence-electron chi connectivity index (χ3n) is 0.415. The molecule has 0 aromatic rings. The fourth-order valence-corrected chi connectivity index (χ4v) is 0.176. The number of Topliss-reactive ketones (excluding diaryl/α,β-unsaturated/α-hetero) is 2. The summed E-state index contributed by atoms with van der Waals surface area (Å²) >= 11 is 0. The first-order valence-electron chi connectivity index (χ1n) is 2.16. The number of carbonyl (C=O) groups is 2. The Morgan fingerprint density at radius 2 is 1.25 bits per heavy atom. The predicted molar refractivity (Wildman–Crippen MR) is 29.1 cm³/mol. The molecule has 0 spiro atoms. The van der Waals surface area contributed by atoms with Crippen molar-refractivity contribution in [2.45, 2.75) is 13.8 Å². The molecule has 0 aliphatic rings. The molecule has 8 heavy (non-hydrogen) atoms. The lowest BCUT2D eigenvalue weighted by Crippen LogP contribution is -1.85. The van der Waals surface area contributed by atoms with Crippen molar-refractivity contribution >= 4 is 11.6 Å². The van der Waals surface area contributed by atoms with E-state index >= 15 is 0 Å². The van der Waals surface area contributed by atoms with Crippen LogP contribution in [0.2, 0.25) is 0 Å². The van der Waals surface area contributed by atoms with E-state index in [0.717, 1.165) is 0 Å². The maximum atomic E-state index is 10.0. The standard InChI is InChI=1S/C6H6O2/c1-5(7)3-4-6(2)8/h1-2H3. The molecule has 0 aromatic carbocycles. The Morgan fingerprint density at radius 3 is 1.38 bits per heavy atom. The number of hydrogen-bond acceptors (Lipinski definition) is 2. The summed E-state index contributed by atoms with van der Waals surface area (Å²) in [5.41, 5.74) is 0. The first-order valence-corrected chi connectivity index (χ1v) is 2.16. The van der Waals surface area contributed by atoms with Crippen molar-refractivity contribution in [2.24, 2.45) is 0 Å². The van der Waals surface area contributed by atoms with Crippen LogP contribution in [0, 0.1) is 11.8 Å². The molecule has 0 fully saturated rings. The van der Waals surface area contributed by atoms with Gasteiger partial charge in [-0.1, -0.05) is 0 Å². The molecule has 0 aliphatic heterocycles. The molecule has 42 valence electrons. The zero-order valence-electron chi connectivity index (χ0n) is 4.82. The first-order chi connectivity index (χ1) is 3.63. The fraction of sp³-hybridized carbons (Fsp3) is 0.333. The van der Waals surface area contributed by atoms with Crippen molar-refractivity contribution in [3.05, 3.63) is 0 Å². The molecular formula is C6H6O2. The summed E-state index contributed by atoms with van der Waals surface area (Å²) in [6.45, 7) is 2.63. The average Bonchev–Trinajstić information content (AvgIpc) is 1.61. The van der Waals surface area contributed by atoms with Gasteiger partial charge in [0.25, 0.3) is 0 Å². The molecule has 0 radical (unpaired) electrons. The highest BCUT2D eigenvalue weighted by Gasteiger charge is 1.81. The Bertz CT molecular complexity index is 151. The fourth-order valence-electron chi connectivity index (χ4n) is 0.176. The molecule has 0 atom stereocenters. The van der Waals surface area contributed by atoms with E-state index in [1.807, 2.05) is 0 Å². The van der Waals surface area contributed by atoms with Gasteiger partial charge in [-0.05, 0) is 11.8 Å². The topological polar surface area (TPSA) is 34.1 Å². The molecule has 0 saturated heterocycles. The largest absolute Gasteiger partial charge is 0.285 e. The molecule has 0 aliphatic carbocycles. The van der Waals surface area contributed by atoms with Gasteiger partial charge >= 0.3 is 0 Å². The average molecular weight is 110 g/mol. The lowest BCUT2D eigenvalue weighted by atomic mass is 10.4. The Hall–Kier alpha value is -1.10. The van der Waals surface area contributed by atoms with Crippen LogP contribution in [-0.2, 0) is 9.59 Å². The zero-order valence-corrected chi connectivity index (χ0v) is 4.82. The summed E-state index contributed by atoms with van der Waals surface area (Å²) in [7, 11) is 0. The third kappa shape index (κ3) is 4.90. The van der Waals surface area contributed by atoms with E-state index in [-0.39, 0.29) is 11.6 Å². The third-order valence-corrected chi connectivity index (χ3v) is 0.415. The number of rotatable bonds is 0. The minimum Gasteiger partial charge on any atom is -0.285 e. The second kappa shape index (κ2) is 2.98. The van der Waals surface area contributed by atoms with Gasteiger partial charge in [-0.15, -0.1) is 0 Å². The highest BCUT2D eigenvalue weighted by molar-refractivity contribution is 6.02. The molecule has 0 rings (SSSR count). The van der Waals surface area contributed by atoms with E-state index < -0.39 is 0 Å². The van der Waals surface area contributed by atoms with Crippen LogP contribution < -0.4 is 0 Å². The second-order valence-electron chi connectivity index (χ2n) is 1.36. The lowest BCUT2D eigenvalue weighted by Gasteiger charge is -1.68. The van der Waals surface area contributed by atoms with Crippen molar-refractivity contribution in [1.82, 2.24) is 0 Å². The molecule has 0 heterocycles. The van der Waals surface area contributed by atoms with Crippen LogP contribution in [0.1, 0.15) is 13.8 Å². The van der Waals surface area contributed by atoms with E-state index in [9.17, 15) is 9.59 Å². The summed E-state index contributed by atoms with van der Waals surface area (Å²) in [5.74, 6) is 3.66. The lowest BCUT2D eigenvalue weighted by molar-refractivity contribution is -0.113. The summed E-state index contributed by atoms with van der Waals surface area (Å²) in [5, 5.41) is 0. The Labute approximate surface area is 47.9 Å². The van der Waals surface area contributed by atoms with Crippen LogP contribution in [0.15, 0.2) is 0 Å². The molecule has 2 heteroatoms. The van der Waals surface area contributed by atoms with Gasteiger partial charge in [-0.25, -0.2) is 0 Å². The van der Waals surface area contributed by atoms with E-state index in [1.165, 1.54) is 13.8 Å². The summed E-state index contributed by atoms with van der Waals surface area (Å²) in [6, 6.07) is 0. The summed E-state index contributed by atoms with van der Waals surface area (Å²) in [6.07, 6.45) is 0. The highest BCUT2D eigenvalue weighted by atomic mass is 16.1. The quantitative estimate of drug-likeness (QED) is 0.329. The first kappa shape index (κ1) is 6.90. The zero-order chi connectivity index (χ0) is 6.57. The normalized spacial score (nSPS) is 6.75. The van der Waals surface area contributed by atoms with Crippen LogP contribution >= 0.6 is 0 Å². The van der Waals surface area contributed by atoms with Crippen molar-refractivity contribution in [1.29, 1.82) is 0 Å². The molecule has 0 amide bonds. The van der Waals surface area contributed by atoms with Crippen molar-refractivity contribution in [3.8, 4) is 11.8 Å². The van der Waals surface area contributed by atoms with Crippen LogP contribution in [0.4, 0.5) is 0 Å². The predicted octanol–water partition coefficient (Wildman–Crippen LogP) is 0.168. The number of ketones is 2. The van der Waals surface area contributed by atoms with E-state index in [2.05, 4.69) is 11.8 Å². The molecular weight excluding hydrogens is 104 g/mol. The van der Waals surface area contributed by atoms with Gasteiger partial charge in [0.2, 0.25) is 11.6 Å². The smallest absolute Gasteiger partial charge is 0.202 e. The molecule has 0 unspecified atom stereocenters. The SMILES string of the molecule is CC(=O)C#CC(C)=O. The van der Waals surface area contributed by atoms with Crippen molar-refractivity contribution in [2.75, 3.05) is 0 Å². The van der Waals surface area contributed by atoms with Gasteiger partial charge < -0.3 is 0 Å². The van der Waals surface area contributed by atoms with E-state index in [4.69, 9.17) is 0 Å². The molecule has 0 N–H and O–H groups in total. The molecule has 0 aromatic heterocycles. The van der Waals surface area contributed by atoms with Crippen LogP contribution in [0.5, 0.6) is 0 Å². The van der Waals surface area contributed by atoms with Gasteiger partial charge in [0.05, 0.1) is 0 Å². The van der Waals surface area contributed by atoms with Gasteiger partial charge in [-0.2, -0.15) is 0 Å². The van der Waals surface area contributed by atoms with Crippen molar-refractivity contribution < 1.29 is 9.59 Å². The van der Waals surface area contributed by atoms with Crippen molar-refractivity contribution in [3.63, 3.8) is 0 Å². The monoisotopic (exact) mass is 110 g/mol. The molecule has 0 saturated carbocycles. The Balaban J connectivity index is 3.87. The highest BCUT2D eigenvalue weighted by Crippen LogP contribution is 1.63. The summed E-state index contributed by atoms with van der Waals surface area (Å²) < 4.78 is 0. The van der Waals surface area contributed by atoms with Gasteiger partial charge in [0, 0.05) is 13.8 Å². The van der Waals surface area contributed by atoms with Crippen LogP contribution in [-0.4, -0.2) is 11.6 Å². The maximum absolute atomic E-state index is 10.0. The minimum absolute atomic E-state index is 0.278. The van der Waals surface area contributed by atoms with Gasteiger partial charge in [0.15, 0.2) is 0 Å². The molecule has 0 bridgehead atoms. The van der Waals surface area contributed by atoms with Gasteiger partial charge in [-0.3, -0.25) is 9.59 Å².